The van der Waals surface area contributed by atoms with Crippen molar-refractivity contribution in [1.82, 2.24) is 4.90 Å². The smallest absolute Gasteiger partial charge is 0.304 e. The molecule has 0 saturated heterocycles. The fourth-order valence-corrected chi connectivity index (χ4v) is 3.04. The van der Waals surface area contributed by atoms with Crippen LogP contribution in [0.2, 0.25) is 0 Å². The zero-order valence-corrected chi connectivity index (χ0v) is 12.4. The molecule has 106 valence electrons. The highest BCUT2D eigenvalue weighted by Crippen LogP contribution is 2.41. The highest BCUT2D eigenvalue weighted by Gasteiger charge is 2.32. The van der Waals surface area contributed by atoms with E-state index in [1.54, 1.807) is 0 Å². The van der Waals surface area contributed by atoms with Crippen LogP contribution in [0, 0.1) is 11.3 Å². The first-order valence-electron chi connectivity index (χ1n) is 7.29. The van der Waals surface area contributed by atoms with Crippen LogP contribution in [0.1, 0.15) is 59.3 Å². The van der Waals surface area contributed by atoms with Crippen molar-refractivity contribution in [2.75, 3.05) is 13.6 Å². The van der Waals surface area contributed by atoms with Gasteiger partial charge in [0.15, 0.2) is 0 Å². The first-order valence-corrected chi connectivity index (χ1v) is 7.29. The third kappa shape index (κ3) is 4.27. The maximum absolute atomic E-state index is 10.6. The van der Waals surface area contributed by atoms with Gasteiger partial charge in [0.05, 0.1) is 6.42 Å². The van der Waals surface area contributed by atoms with Crippen molar-refractivity contribution in [2.24, 2.45) is 11.3 Å². The van der Waals surface area contributed by atoms with Gasteiger partial charge in [-0.25, -0.2) is 0 Å². The third-order valence-electron chi connectivity index (χ3n) is 5.01. The van der Waals surface area contributed by atoms with Crippen LogP contribution in [0.5, 0.6) is 0 Å². The van der Waals surface area contributed by atoms with E-state index in [1.165, 1.54) is 32.1 Å². The number of rotatable bonds is 6. The fourth-order valence-electron chi connectivity index (χ4n) is 3.04. The van der Waals surface area contributed by atoms with Crippen molar-refractivity contribution in [3.05, 3.63) is 0 Å². The summed E-state index contributed by atoms with van der Waals surface area (Å²) < 4.78 is 0. The average Bonchev–Trinajstić information content (AvgIpc) is 2.36. The summed E-state index contributed by atoms with van der Waals surface area (Å²) in [5.74, 6) is 0.147. The zero-order chi connectivity index (χ0) is 13.8. The fraction of sp³-hybridized carbons (Fsp3) is 0.933. The molecular weight excluding hydrogens is 226 g/mol. The summed E-state index contributed by atoms with van der Waals surface area (Å²) in [6.07, 6.45) is 6.55. The third-order valence-corrected chi connectivity index (χ3v) is 5.01. The Kier molecular flexibility index (Phi) is 5.64. The van der Waals surface area contributed by atoms with Gasteiger partial charge in [0, 0.05) is 12.6 Å². The van der Waals surface area contributed by atoms with Crippen molar-refractivity contribution in [2.45, 2.75) is 65.3 Å². The lowest BCUT2D eigenvalue weighted by molar-refractivity contribution is -0.137. The monoisotopic (exact) mass is 255 g/mol. The molecule has 0 heterocycles. The summed E-state index contributed by atoms with van der Waals surface area (Å²) in [7, 11) is 2.07. The van der Waals surface area contributed by atoms with Gasteiger partial charge in [-0.2, -0.15) is 0 Å². The number of carboxylic acid groups (broad SMARTS) is 1. The molecule has 0 bridgehead atoms. The summed E-state index contributed by atoms with van der Waals surface area (Å²) >= 11 is 0. The molecule has 1 aliphatic carbocycles. The second-order valence-corrected chi connectivity index (χ2v) is 6.47. The van der Waals surface area contributed by atoms with Gasteiger partial charge in [-0.3, -0.25) is 4.79 Å². The summed E-state index contributed by atoms with van der Waals surface area (Å²) in [6.45, 7) is 7.73. The summed E-state index contributed by atoms with van der Waals surface area (Å²) in [5.41, 5.74) is 0.463. The molecule has 3 nitrogen and oxygen atoms in total. The van der Waals surface area contributed by atoms with Gasteiger partial charge in [-0.05, 0) is 44.1 Å². The molecule has 3 heteroatoms. The Labute approximate surface area is 112 Å². The lowest BCUT2D eigenvalue weighted by atomic mass is 9.69. The Morgan fingerprint density at radius 2 is 1.83 bits per heavy atom. The first kappa shape index (κ1) is 15.5. The van der Waals surface area contributed by atoms with Gasteiger partial charge in [0.2, 0.25) is 0 Å². The van der Waals surface area contributed by atoms with Gasteiger partial charge in [0.1, 0.15) is 0 Å². The molecule has 0 unspecified atom stereocenters. The van der Waals surface area contributed by atoms with E-state index in [4.69, 9.17) is 5.11 Å². The first-order chi connectivity index (χ1) is 8.36. The molecule has 0 aromatic rings. The number of carboxylic acids is 1. The van der Waals surface area contributed by atoms with Gasteiger partial charge < -0.3 is 10.0 Å². The van der Waals surface area contributed by atoms with Crippen molar-refractivity contribution in [3.8, 4) is 0 Å². The standard InChI is InChI=1S/C15H29NO2/c1-5-15(2,3)12-6-8-13(9-7-12)16(4)11-10-14(17)18/h12-13H,5-11H2,1-4H3,(H,17,18). The van der Waals surface area contributed by atoms with Gasteiger partial charge >= 0.3 is 5.97 Å². The van der Waals surface area contributed by atoms with E-state index in [0.717, 1.165) is 5.92 Å². The van der Waals surface area contributed by atoms with Crippen LogP contribution in [0.15, 0.2) is 0 Å². The van der Waals surface area contributed by atoms with Gasteiger partial charge in [0.25, 0.3) is 0 Å². The van der Waals surface area contributed by atoms with Gasteiger partial charge in [-0.15, -0.1) is 0 Å². The molecule has 18 heavy (non-hydrogen) atoms. The molecule has 0 aromatic heterocycles. The number of hydrogen-bond donors (Lipinski definition) is 1. The van der Waals surface area contributed by atoms with E-state index >= 15 is 0 Å². The second kappa shape index (κ2) is 6.55. The minimum Gasteiger partial charge on any atom is -0.481 e. The molecule has 1 fully saturated rings. The quantitative estimate of drug-likeness (QED) is 0.791. The Bertz CT molecular complexity index is 268. The van der Waals surface area contributed by atoms with E-state index in [1.807, 2.05) is 0 Å². The zero-order valence-electron chi connectivity index (χ0n) is 12.4. The molecular formula is C15H29NO2. The van der Waals surface area contributed by atoms with Crippen molar-refractivity contribution in [1.29, 1.82) is 0 Å². The van der Waals surface area contributed by atoms with Crippen LogP contribution in [0.4, 0.5) is 0 Å². The van der Waals surface area contributed by atoms with E-state index in [-0.39, 0.29) is 6.42 Å². The largest absolute Gasteiger partial charge is 0.481 e. The molecule has 1 rings (SSSR count). The summed E-state index contributed by atoms with van der Waals surface area (Å²) in [6, 6.07) is 0.591. The van der Waals surface area contributed by atoms with Crippen molar-refractivity contribution < 1.29 is 9.90 Å². The predicted molar refractivity (Wildman–Crippen MR) is 74.7 cm³/mol. The number of aliphatic carboxylic acids is 1. The topological polar surface area (TPSA) is 40.5 Å². The van der Waals surface area contributed by atoms with Gasteiger partial charge in [-0.1, -0.05) is 27.2 Å². The molecule has 0 aromatic carbocycles. The Morgan fingerprint density at radius 3 is 2.28 bits per heavy atom. The van der Waals surface area contributed by atoms with Crippen LogP contribution in [-0.4, -0.2) is 35.6 Å². The summed E-state index contributed by atoms with van der Waals surface area (Å²) in [4.78, 5) is 12.8. The number of carbonyl (C=O) groups is 1. The maximum Gasteiger partial charge on any atom is 0.304 e. The summed E-state index contributed by atoms with van der Waals surface area (Å²) in [5, 5.41) is 8.71. The molecule has 0 amide bonds. The Morgan fingerprint density at radius 1 is 1.28 bits per heavy atom. The van der Waals surface area contributed by atoms with Crippen LogP contribution < -0.4 is 0 Å². The highest BCUT2D eigenvalue weighted by atomic mass is 16.4. The normalized spacial score (nSPS) is 25.4. The van der Waals surface area contributed by atoms with E-state index in [9.17, 15) is 4.79 Å². The van der Waals surface area contributed by atoms with Crippen molar-refractivity contribution in [3.63, 3.8) is 0 Å². The van der Waals surface area contributed by atoms with Crippen LogP contribution in [0.25, 0.3) is 0 Å². The van der Waals surface area contributed by atoms with E-state index in [0.29, 0.717) is 18.0 Å². The van der Waals surface area contributed by atoms with E-state index < -0.39 is 5.97 Å². The molecule has 1 N–H and O–H groups in total. The molecule has 1 aliphatic rings. The van der Waals surface area contributed by atoms with Crippen LogP contribution in [-0.2, 0) is 4.79 Å². The molecule has 0 aliphatic heterocycles. The lowest BCUT2D eigenvalue weighted by Crippen LogP contribution is -2.39. The Hall–Kier alpha value is -0.570. The average molecular weight is 255 g/mol. The van der Waals surface area contributed by atoms with Crippen LogP contribution >= 0.6 is 0 Å². The lowest BCUT2D eigenvalue weighted by Gasteiger charge is -2.41. The molecule has 0 radical (unpaired) electrons. The van der Waals surface area contributed by atoms with Crippen molar-refractivity contribution >= 4 is 5.97 Å². The minimum atomic E-state index is -0.692. The predicted octanol–water partition coefficient (Wildman–Crippen LogP) is 3.39. The maximum atomic E-state index is 10.6. The molecule has 0 spiro atoms. The SMILES string of the molecule is CCC(C)(C)C1CCC(N(C)CCC(=O)O)CC1. The Balaban J connectivity index is 2.37. The number of nitrogens with zero attached hydrogens (tertiary/aromatic N) is 1. The molecule has 1 saturated carbocycles. The highest BCUT2D eigenvalue weighted by molar-refractivity contribution is 5.66. The van der Waals surface area contributed by atoms with Crippen LogP contribution in [0.3, 0.4) is 0 Å². The number of hydrogen-bond acceptors (Lipinski definition) is 2. The molecule has 0 atom stereocenters. The minimum absolute atomic E-state index is 0.261. The second-order valence-electron chi connectivity index (χ2n) is 6.47. The van der Waals surface area contributed by atoms with E-state index in [2.05, 4.69) is 32.7 Å².